The minimum Gasteiger partial charge on any atom is -0.384 e. The van der Waals surface area contributed by atoms with Gasteiger partial charge < -0.3 is 10.6 Å². The highest BCUT2D eigenvalue weighted by Crippen LogP contribution is 2.24. The van der Waals surface area contributed by atoms with Crippen LogP contribution in [0.1, 0.15) is 18.4 Å². The zero-order valence-corrected chi connectivity index (χ0v) is 10.6. The van der Waals surface area contributed by atoms with E-state index in [0.29, 0.717) is 16.5 Å². The molecule has 0 spiro atoms. The van der Waals surface area contributed by atoms with Gasteiger partial charge in [0.2, 0.25) is 0 Å². The van der Waals surface area contributed by atoms with Gasteiger partial charge in [0, 0.05) is 6.54 Å². The molecule has 0 aliphatic carbocycles. The molecule has 1 heterocycles. The Morgan fingerprint density at radius 3 is 3.00 bits per heavy atom. The Hall–Kier alpha value is -0.800. The predicted octanol–water partition coefficient (Wildman–Crippen LogP) is 3.22. The third kappa shape index (κ3) is 3.58. The number of benzene rings is 1. The smallest absolute Gasteiger partial charge is 0.115 e. The largest absolute Gasteiger partial charge is 0.384 e. The Bertz CT molecular complexity index is 364. The standard InChI is InChI=1S/C13H18ClFN2/c14-12-6-10(7-15)3-4-13(12)17-9-11-2-1-5-16-8-11/h3-4,6,11,16-17H,1-2,5,7-9H2. The summed E-state index contributed by atoms with van der Waals surface area (Å²) in [6, 6.07) is 5.31. The van der Waals surface area contributed by atoms with E-state index in [1.165, 1.54) is 12.8 Å². The minimum absolute atomic E-state index is 0.466. The minimum atomic E-state index is -0.466. The Balaban J connectivity index is 1.89. The van der Waals surface area contributed by atoms with E-state index in [0.717, 1.165) is 25.3 Å². The second-order valence-corrected chi connectivity index (χ2v) is 4.95. The molecule has 4 heteroatoms. The quantitative estimate of drug-likeness (QED) is 0.864. The van der Waals surface area contributed by atoms with Crippen LogP contribution in [-0.2, 0) is 6.67 Å². The summed E-state index contributed by atoms with van der Waals surface area (Å²) in [5.74, 6) is 0.653. The van der Waals surface area contributed by atoms with Crippen molar-refractivity contribution in [2.24, 2.45) is 5.92 Å². The van der Waals surface area contributed by atoms with Gasteiger partial charge >= 0.3 is 0 Å². The fraction of sp³-hybridized carbons (Fsp3) is 0.538. The van der Waals surface area contributed by atoms with Crippen LogP contribution in [0.15, 0.2) is 18.2 Å². The van der Waals surface area contributed by atoms with Crippen molar-refractivity contribution in [3.8, 4) is 0 Å². The number of rotatable bonds is 4. The maximum atomic E-state index is 12.4. The van der Waals surface area contributed by atoms with Crippen LogP contribution in [0, 0.1) is 5.92 Å². The first-order valence-corrected chi connectivity index (χ1v) is 6.46. The van der Waals surface area contributed by atoms with Crippen molar-refractivity contribution in [2.45, 2.75) is 19.5 Å². The average molecular weight is 257 g/mol. The number of halogens is 2. The van der Waals surface area contributed by atoms with E-state index >= 15 is 0 Å². The molecule has 17 heavy (non-hydrogen) atoms. The van der Waals surface area contributed by atoms with E-state index < -0.39 is 6.67 Å². The first-order valence-electron chi connectivity index (χ1n) is 6.08. The average Bonchev–Trinajstić information content (AvgIpc) is 2.38. The second-order valence-electron chi connectivity index (χ2n) is 4.54. The highest BCUT2D eigenvalue weighted by atomic mass is 35.5. The fourth-order valence-electron chi connectivity index (χ4n) is 2.14. The Labute approximate surface area is 107 Å². The second kappa shape index (κ2) is 6.22. The van der Waals surface area contributed by atoms with Crippen molar-refractivity contribution in [3.63, 3.8) is 0 Å². The number of anilines is 1. The van der Waals surface area contributed by atoms with Crippen LogP contribution < -0.4 is 10.6 Å². The normalized spacial score (nSPS) is 20.2. The van der Waals surface area contributed by atoms with Crippen molar-refractivity contribution in [1.82, 2.24) is 5.32 Å². The number of nitrogens with one attached hydrogen (secondary N) is 2. The predicted molar refractivity (Wildman–Crippen MR) is 70.3 cm³/mol. The van der Waals surface area contributed by atoms with Gasteiger partial charge in [-0.3, -0.25) is 0 Å². The van der Waals surface area contributed by atoms with Gasteiger partial charge in [0.1, 0.15) is 6.67 Å². The summed E-state index contributed by atoms with van der Waals surface area (Å²) in [5.41, 5.74) is 1.52. The molecular weight excluding hydrogens is 239 g/mol. The van der Waals surface area contributed by atoms with E-state index in [-0.39, 0.29) is 0 Å². The van der Waals surface area contributed by atoms with E-state index in [9.17, 15) is 4.39 Å². The van der Waals surface area contributed by atoms with Crippen molar-refractivity contribution < 1.29 is 4.39 Å². The van der Waals surface area contributed by atoms with Crippen molar-refractivity contribution in [3.05, 3.63) is 28.8 Å². The van der Waals surface area contributed by atoms with Crippen LogP contribution in [0.3, 0.4) is 0 Å². The third-order valence-corrected chi connectivity index (χ3v) is 3.48. The summed E-state index contributed by atoms with van der Waals surface area (Å²) in [4.78, 5) is 0. The van der Waals surface area contributed by atoms with Crippen LogP contribution in [-0.4, -0.2) is 19.6 Å². The van der Waals surface area contributed by atoms with Crippen LogP contribution in [0.25, 0.3) is 0 Å². The fourth-order valence-corrected chi connectivity index (χ4v) is 2.41. The molecule has 0 bridgehead atoms. The SMILES string of the molecule is FCc1ccc(NCC2CCCNC2)c(Cl)c1. The molecule has 0 amide bonds. The molecule has 94 valence electrons. The summed E-state index contributed by atoms with van der Waals surface area (Å²) >= 11 is 6.08. The highest BCUT2D eigenvalue weighted by molar-refractivity contribution is 6.33. The summed E-state index contributed by atoms with van der Waals surface area (Å²) in [7, 11) is 0. The Kier molecular flexibility index (Phi) is 4.63. The Morgan fingerprint density at radius 1 is 1.47 bits per heavy atom. The lowest BCUT2D eigenvalue weighted by molar-refractivity contribution is 0.393. The van der Waals surface area contributed by atoms with Gasteiger partial charge in [-0.1, -0.05) is 17.7 Å². The lowest BCUT2D eigenvalue weighted by atomic mass is 10.00. The van der Waals surface area contributed by atoms with E-state index in [4.69, 9.17) is 11.6 Å². The molecule has 1 atom stereocenters. The zero-order chi connectivity index (χ0) is 12.1. The van der Waals surface area contributed by atoms with Gasteiger partial charge in [0.25, 0.3) is 0 Å². The number of hydrogen-bond donors (Lipinski definition) is 2. The topological polar surface area (TPSA) is 24.1 Å². The highest BCUT2D eigenvalue weighted by Gasteiger charge is 2.12. The lowest BCUT2D eigenvalue weighted by Crippen LogP contribution is -2.33. The van der Waals surface area contributed by atoms with Crippen LogP contribution in [0.2, 0.25) is 5.02 Å². The first kappa shape index (κ1) is 12.7. The molecule has 1 unspecified atom stereocenters. The van der Waals surface area contributed by atoms with Crippen molar-refractivity contribution >= 4 is 17.3 Å². The molecule has 1 saturated heterocycles. The lowest BCUT2D eigenvalue weighted by Gasteiger charge is -2.23. The first-order chi connectivity index (χ1) is 8.29. The number of alkyl halides is 1. The maximum Gasteiger partial charge on any atom is 0.115 e. The molecule has 0 saturated carbocycles. The molecule has 1 fully saturated rings. The van der Waals surface area contributed by atoms with E-state index in [1.807, 2.05) is 6.07 Å². The Morgan fingerprint density at radius 2 is 2.35 bits per heavy atom. The molecule has 1 aliphatic rings. The van der Waals surface area contributed by atoms with Gasteiger partial charge in [-0.25, -0.2) is 4.39 Å². The summed E-state index contributed by atoms with van der Waals surface area (Å²) in [6.45, 7) is 2.64. The molecule has 0 radical (unpaired) electrons. The summed E-state index contributed by atoms with van der Waals surface area (Å²) in [5, 5.41) is 7.32. The van der Waals surface area contributed by atoms with E-state index in [1.54, 1.807) is 12.1 Å². The summed E-state index contributed by atoms with van der Waals surface area (Å²) in [6.07, 6.45) is 2.49. The molecule has 2 rings (SSSR count). The molecule has 2 nitrogen and oxygen atoms in total. The monoisotopic (exact) mass is 256 g/mol. The number of piperidine rings is 1. The van der Waals surface area contributed by atoms with Gasteiger partial charge in [-0.05, 0) is 49.5 Å². The molecule has 1 aliphatic heterocycles. The van der Waals surface area contributed by atoms with Crippen molar-refractivity contribution in [2.75, 3.05) is 25.0 Å². The zero-order valence-electron chi connectivity index (χ0n) is 9.81. The van der Waals surface area contributed by atoms with Gasteiger partial charge in [-0.2, -0.15) is 0 Å². The molecular formula is C13H18ClFN2. The van der Waals surface area contributed by atoms with Crippen LogP contribution in [0.4, 0.5) is 10.1 Å². The molecule has 1 aromatic rings. The molecule has 2 N–H and O–H groups in total. The van der Waals surface area contributed by atoms with E-state index in [2.05, 4.69) is 10.6 Å². The third-order valence-electron chi connectivity index (χ3n) is 3.17. The maximum absolute atomic E-state index is 12.4. The van der Waals surface area contributed by atoms with Crippen LogP contribution >= 0.6 is 11.6 Å². The van der Waals surface area contributed by atoms with Gasteiger partial charge in [-0.15, -0.1) is 0 Å². The molecule has 1 aromatic carbocycles. The van der Waals surface area contributed by atoms with Crippen molar-refractivity contribution in [1.29, 1.82) is 0 Å². The number of hydrogen-bond acceptors (Lipinski definition) is 2. The molecule has 0 aromatic heterocycles. The van der Waals surface area contributed by atoms with Gasteiger partial charge in [0.15, 0.2) is 0 Å². The van der Waals surface area contributed by atoms with Crippen LogP contribution in [0.5, 0.6) is 0 Å². The van der Waals surface area contributed by atoms with Gasteiger partial charge in [0.05, 0.1) is 10.7 Å². The summed E-state index contributed by atoms with van der Waals surface area (Å²) < 4.78 is 12.4.